The maximum Gasteiger partial charge on any atom is 0.220 e. The van der Waals surface area contributed by atoms with Crippen molar-refractivity contribution in [2.75, 3.05) is 26.2 Å². The average molecular weight is 356 g/mol. The Bertz CT molecular complexity index is 274. The van der Waals surface area contributed by atoms with Crippen molar-refractivity contribution in [3.05, 3.63) is 0 Å². The second-order valence-electron chi connectivity index (χ2n) is 6.05. The highest BCUT2D eigenvalue weighted by atomic mass is 35.5. The molecule has 0 radical (unpaired) electrons. The first-order chi connectivity index (χ1) is 9.71. The van der Waals surface area contributed by atoms with Gasteiger partial charge in [0.2, 0.25) is 5.91 Å². The van der Waals surface area contributed by atoms with E-state index in [9.17, 15) is 4.79 Å². The van der Waals surface area contributed by atoms with Crippen molar-refractivity contribution >= 4 is 30.7 Å². The van der Waals surface area contributed by atoms with Gasteiger partial charge in [-0.3, -0.25) is 4.79 Å². The van der Waals surface area contributed by atoms with Crippen LogP contribution in [0.1, 0.15) is 58.8 Å². The van der Waals surface area contributed by atoms with E-state index in [4.69, 9.17) is 5.73 Å². The number of nitrogens with one attached hydrogen (secondary N) is 1. The van der Waals surface area contributed by atoms with Crippen molar-refractivity contribution in [2.24, 2.45) is 11.7 Å². The minimum atomic E-state index is 0. The summed E-state index contributed by atoms with van der Waals surface area (Å²) in [6.07, 6.45) is 7.46. The predicted octanol–water partition coefficient (Wildman–Crippen LogP) is 2.98. The summed E-state index contributed by atoms with van der Waals surface area (Å²) in [5, 5.41) is 3.18. The van der Waals surface area contributed by atoms with Crippen LogP contribution in [-0.4, -0.2) is 43.0 Å². The van der Waals surface area contributed by atoms with Crippen LogP contribution in [0.4, 0.5) is 0 Å². The second kappa shape index (κ2) is 14.6. The fourth-order valence-electron chi connectivity index (χ4n) is 3.22. The molecule has 1 saturated carbocycles. The molecule has 0 saturated heterocycles. The van der Waals surface area contributed by atoms with Crippen molar-refractivity contribution in [3.8, 4) is 0 Å². The molecule has 0 bridgehead atoms. The Morgan fingerprint density at radius 2 is 1.77 bits per heavy atom. The van der Waals surface area contributed by atoms with Gasteiger partial charge < -0.3 is 16.0 Å². The third kappa shape index (κ3) is 9.19. The highest BCUT2D eigenvalue weighted by Crippen LogP contribution is 2.24. The van der Waals surface area contributed by atoms with Crippen LogP contribution in [0.3, 0.4) is 0 Å². The summed E-state index contributed by atoms with van der Waals surface area (Å²) in [7, 11) is 0. The molecular formula is C16H35Cl2N3O. The topological polar surface area (TPSA) is 58.4 Å². The Hall–Kier alpha value is -0.0300. The van der Waals surface area contributed by atoms with E-state index >= 15 is 0 Å². The summed E-state index contributed by atoms with van der Waals surface area (Å²) in [6.45, 7) is 8.46. The number of hydrogen-bond acceptors (Lipinski definition) is 3. The fraction of sp³-hybridized carbons (Fsp3) is 0.938. The molecule has 4 nitrogen and oxygen atoms in total. The first-order valence-electron chi connectivity index (χ1n) is 8.43. The normalized spacial score (nSPS) is 20.4. The van der Waals surface area contributed by atoms with Crippen molar-refractivity contribution in [3.63, 3.8) is 0 Å². The lowest BCUT2D eigenvalue weighted by Crippen LogP contribution is -2.40. The van der Waals surface area contributed by atoms with Gasteiger partial charge in [0, 0.05) is 12.5 Å². The van der Waals surface area contributed by atoms with Gasteiger partial charge in [-0.1, -0.05) is 20.3 Å². The smallest absolute Gasteiger partial charge is 0.220 e. The predicted molar refractivity (Wildman–Crippen MR) is 99.1 cm³/mol. The maximum atomic E-state index is 12.0. The number of hydrogen-bond donors (Lipinski definition) is 2. The summed E-state index contributed by atoms with van der Waals surface area (Å²) in [5.41, 5.74) is 5.75. The number of rotatable bonds is 10. The third-order valence-electron chi connectivity index (χ3n) is 4.27. The zero-order chi connectivity index (χ0) is 14.8. The molecule has 6 heteroatoms. The SMILES string of the molecule is CCCN(CCC)CCCC(=O)NC1CCCC1CN.Cl.Cl. The van der Waals surface area contributed by atoms with Gasteiger partial charge in [-0.25, -0.2) is 0 Å². The van der Waals surface area contributed by atoms with Crippen LogP contribution in [0.5, 0.6) is 0 Å². The van der Waals surface area contributed by atoms with Crippen LogP contribution in [-0.2, 0) is 4.79 Å². The van der Waals surface area contributed by atoms with Crippen LogP contribution in [0.25, 0.3) is 0 Å². The number of nitrogens with two attached hydrogens (primary N) is 1. The minimum Gasteiger partial charge on any atom is -0.353 e. The lowest BCUT2D eigenvalue weighted by Gasteiger charge is -2.22. The molecule has 134 valence electrons. The summed E-state index contributed by atoms with van der Waals surface area (Å²) in [5.74, 6) is 0.707. The molecule has 2 unspecified atom stereocenters. The van der Waals surface area contributed by atoms with E-state index in [-0.39, 0.29) is 30.7 Å². The third-order valence-corrected chi connectivity index (χ3v) is 4.27. The standard InChI is InChI=1S/C16H33N3O.2ClH/c1-3-10-19(11-4-2)12-6-9-16(20)18-15-8-5-7-14(15)13-17;;/h14-15H,3-13,17H2,1-2H3,(H,18,20);2*1H. The lowest BCUT2D eigenvalue weighted by atomic mass is 10.0. The molecule has 0 spiro atoms. The lowest BCUT2D eigenvalue weighted by molar-refractivity contribution is -0.122. The van der Waals surface area contributed by atoms with E-state index in [1.54, 1.807) is 0 Å². The number of carbonyl (C=O) groups is 1. The first kappa shape index (κ1) is 24.2. The number of amides is 1. The van der Waals surface area contributed by atoms with Crippen LogP contribution in [0.2, 0.25) is 0 Å². The van der Waals surface area contributed by atoms with Gasteiger partial charge in [-0.05, 0) is 64.2 Å². The molecule has 22 heavy (non-hydrogen) atoms. The quantitative estimate of drug-likeness (QED) is 0.633. The Kier molecular flexibility index (Phi) is 16.0. The second-order valence-corrected chi connectivity index (χ2v) is 6.05. The van der Waals surface area contributed by atoms with E-state index < -0.39 is 0 Å². The summed E-state index contributed by atoms with van der Waals surface area (Å²) in [4.78, 5) is 14.5. The highest BCUT2D eigenvalue weighted by molar-refractivity contribution is 5.85. The molecule has 1 aliphatic carbocycles. The molecular weight excluding hydrogens is 321 g/mol. The van der Waals surface area contributed by atoms with Gasteiger partial charge in [0.1, 0.15) is 0 Å². The Morgan fingerprint density at radius 1 is 1.14 bits per heavy atom. The zero-order valence-corrected chi connectivity index (χ0v) is 15.8. The van der Waals surface area contributed by atoms with Gasteiger partial charge >= 0.3 is 0 Å². The molecule has 0 heterocycles. The Balaban J connectivity index is 0. The highest BCUT2D eigenvalue weighted by Gasteiger charge is 2.26. The molecule has 0 aromatic rings. The summed E-state index contributed by atoms with van der Waals surface area (Å²) < 4.78 is 0. The van der Waals surface area contributed by atoms with Crippen LogP contribution < -0.4 is 11.1 Å². The molecule has 0 aromatic carbocycles. The molecule has 1 fully saturated rings. The molecule has 1 amide bonds. The van der Waals surface area contributed by atoms with Crippen LogP contribution in [0.15, 0.2) is 0 Å². The fourth-order valence-corrected chi connectivity index (χ4v) is 3.22. The van der Waals surface area contributed by atoms with Crippen molar-refractivity contribution in [1.82, 2.24) is 10.2 Å². The zero-order valence-electron chi connectivity index (χ0n) is 14.2. The minimum absolute atomic E-state index is 0. The largest absolute Gasteiger partial charge is 0.353 e. The van der Waals surface area contributed by atoms with Crippen LogP contribution in [0, 0.1) is 5.92 Å². The van der Waals surface area contributed by atoms with E-state index in [1.165, 1.54) is 25.7 Å². The van der Waals surface area contributed by atoms with Crippen molar-refractivity contribution in [1.29, 1.82) is 0 Å². The number of nitrogens with zero attached hydrogens (tertiary/aromatic N) is 1. The van der Waals surface area contributed by atoms with Crippen LogP contribution >= 0.6 is 24.8 Å². The maximum absolute atomic E-state index is 12.0. The number of halogens is 2. The average Bonchev–Trinajstić information content (AvgIpc) is 2.86. The molecule has 0 aliphatic heterocycles. The number of carbonyl (C=O) groups excluding carboxylic acids is 1. The summed E-state index contributed by atoms with van der Waals surface area (Å²) in [6, 6.07) is 0.329. The van der Waals surface area contributed by atoms with Gasteiger partial charge in [0.05, 0.1) is 0 Å². The first-order valence-corrected chi connectivity index (χ1v) is 8.43. The molecule has 1 aliphatic rings. The van der Waals surface area contributed by atoms with Crippen molar-refractivity contribution in [2.45, 2.75) is 64.8 Å². The molecule has 2 atom stereocenters. The molecule has 3 N–H and O–H groups in total. The van der Waals surface area contributed by atoms with Gasteiger partial charge in [0.15, 0.2) is 0 Å². The van der Waals surface area contributed by atoms with Gasteiger partial charge in [0.25, 0.3) is 0 Å². The van der Waals surface area contributed by atoms with E-state index in [2.05, 4.69) is 24.1 Å². The Labute approximate surface area is 148 Å². The van der Waals surface area contributed by atoms with E-state index in [0.717, 1.165) is 32.5 Å². The van der Waals surface area contributed by atoms with Gasteiger partial charge in [-0.15, -0.1) is 24.8 Å². The van der Waals surface area contributed by atoms with E-state index in [0.29, 0.717) is 24.9 Å². The van der Waals surface area contributed by atoms with Crippen molar-refractivity contribution < 1.29 is 4.79 Å². The van der Waals surface area contributed by atoms with E-state index in [1.807, 2.05) is 0 Å². The molecule has 0 aromatic heterocycles. The van der Waals surface area contributed by atoms with Gasteiger partial charge in [-0.2, -0.15) is 0 Å². The Morgan fingerprint density at radius 3 is 2.32 bits per heavy atom. The monoisotopic (exact) mass is 355 g/mol. The summed E-state index contributed by atoms with van der Waals surface area (Å²) >= 11 is 0. The molecule has 1 rings (SSSR count).